The van der Waals surface area contributed by atoms with Crippen LogP contribution < -0.4 is 9.47 Å². The van der Waals surface area contributed by atoms with Gasteiger partial charge in [0.2, 0.25) is 11.8 Å². The Morgan fingerprint density at radius 1 is 1.16 bits per heavy atom. The Labute approximate surface area is 226 Å². The van der Waals surface area contributed by atoms with E-state index < -0.39 is 17.5 Å². The number of piperidine rings is 1. The molecule has 3 heterocycles. The van der Waals surface area contributed by atoms with E-state index in [-0.39, 0.29) is 17.4 Å². The van der Waals surface area contributed by atoms with Crippen LogP contribution in [0, 0.1) is 18.3 Å². The predicted molar refractivity (Wildman–Crippen MR) is 141 cm³/mol. The quantitative estimate of drug-likeness (QED) is 0.442. The van der Waals surface area contributed by atoms with Crippen LogP contribution in [0.25, 0.3) is 0 Å². The van der Waals surface area contributed by atoms with Gasteiger partial charge in [-0.25, -0.2) is 14.8 Å². The van der Waals surface area contributed by atoms with Crippen molar-refractivity contribution in [3.05, 3.63) is 41.7 Å². The van der Waals surface area contributed by atoms with Gasteiger partial charge in [-0.2, -0.15) is 4.21 Å². The highest BCUT2D eigenvalue weighted by molar-refractivity contribution is 7.75. The first-order valence-electron chi connectivity index (χ1n) is 13.0. The summed E-state index contributed by atoms with van der Waals surface area (Å²) < 4.78 is 33.3. The number of nitrogens with zero attached hydrogens (tertiary/aromatic N) is 3. The Bertz CT molecular complexity index is 1110. The Kier molecular flexibility index (Phi) is 9.22. The summed E-state index contributed by atoms with van der Waals surface area (Å²) >= 11 is -1.66. The molecule has 1 aromatic heterocycles. The van der Waals surface area contributed by atoms with Crippen LogP contribution in [0.3, 0.4) is 0 Å². The minimum absolute atomic E-state index is 0.0200. The minimum atomic E-state index is -1.66. The molecule has 0 spiro atoms. The Morgan fingerprint density at radius 2 is 1.84 bits per heavy atom. The van der Waals surface area contributed by atoms with Gasteiger partial charge in [0, 0.05) is 18.5 Å². The van der Waals surface area contributed by atoms with Gasteiger partial charge in [0.25, 0.3) is 0 Å². The van der Waals surface area contributed by atoms with E-state index in [0.717, 1.165) is 36.8 Å². The number of ether oxygens (including phenoxy) is 2. The molecule has 0 aliphatic carbocycles. The maximum atomic E-state index is 11.7. The molecule has 38 heavy (non-hydrogen) atoms. The van der Waals surface area contributed by atoms with Crippen LogP contribution in [0.2, 0.25) is 0 Å². The van der Waals surface area contributed by atoms with Crippen molar-refractivity contribution in [3.8, 4) is 17.5 Å². The number of hydrogen-bond acceptors (Lipinski definition) is 8. The van der Waals surface area contributed by atoms with Crippen molar-refractivity contribution >= 4 is 17.5 Å². The summed E-state index contributed by atoms with van der Waals surface area (Å²) in [7, 11) is 0. The van der Waals surface area contributed by atoms with Crippen molar-refractivity contribution in [3.63, 3.8) is 0 Å². The lowest BCUT2D eigenvalue weighted by Crippen LogP contribution is -2.51. The van der Waals surface area contributed by atoms with Gasteiger partial charge in [-0.15, -0.1) is 0 Å². The number of likely N-dealkylation sites (tertiary alicyclic amines) is 1. The maximum absolute atomic E-state index is 11.7. The highest BCUT2D eigenvalue weighted by Gasteiger charge is 2.38. The van der Waals surface area contributed by atoms with Crippen molar-refractivity contribution in [2.75, 3.05) is 26.4 Å². The fourth-order valence-corrected chi connectivity index (χ4v) is 5.65. The Hall–Kier alpha value is -2.76. The van der Waals surface area contributed by atoms with Gasteiger partial charge in [-0.3, -0.25) is 8.37 Å². The molecular formula is C27H37N3O7S. The summed E-state index contributed by atoms with van der Waals surface area (Å²) in [6, 6.07) is 7.58. The highest BCUT2D eigenvalue weighted by atomic mass is 32.2. The normalized spacial score (nSPS) is 24.2. The summed E-state index contributed by atoms with van der Waals surface area (Å²) in [6.07, 6.45) is 4.19. The largest absolute Gasteiger partial charge is 0.477 e. The molecule has 0 radical (unpaired) electrons. The molecule has 2 atom stereocenters. The second-order valence-corrected chi connectivity index (χ2v) is 11.9. The summed E-state index contributed by atoms with van der Waals surface area (Å²) in [6.45, 7) is 9.97. The molecule has 0 unspecified atom stereocenters. The van der Waals surface area contributed by atoms with Crippen LogP contribution in [-0.4, -0.2) is 62.7 Å². The summed E-state index contributed by atoms with van der Waals surface area (Å²) in [5, 5.41) is 9.58. The Balaban J connectivity index is 1.27. The number of aromatic nitrogens is 2. The second kappa shape index (κ2) is 12.4. The fraction of sp³-hybridized carbons (Fsp3) is 0.593. The lowest BCUT2D eigenvalue weighted by Gasteiger charge is -2.44. The SMILES string of the molecule is Cc1c(OCCC[C@H]2CCN(C(=O)O)[C@H](C(C)(C)C)C2)ncnc1Oc1ccc(C2COS(=O)OC2)cc1. The number of rotatable bonds is 8. The van der Waals surface area contributed by atoms with Crippen LogP contribution >= 0.6 is 0 Å². The van der Waals surface area contributed by atoms with Gasteiger partial charge < -0.3 is 19.5 Å². The minimum Gasteiger partial charge on any atom is -0.477 e. The average molecular weight is 548 g/mol. The molecule has 2 aliphatic rings. The molecule has 1 aromatic carbocycles. The highest BCUT2D eigenvalue weighted by Crippen LogP contribution is 2.36. The van der Waals surface area contributed by atoms with E-state index in [1.54, 1.807) is 4.90 Å². The fourth-order valence-electron chi connectivity index (χ4n) is 5.03. The molecule has 0 bridgehead atoms. The van der Waals surface area contributed by atoms with Crippen molar-refractivity contribution < 1.29 is 31.9 Å². The van der Waals surface area contributed by atoms with Crippen molar-refractivity contribution in [2.45, 2.75) is 65.3 Å². The number of carboxylic acid groups (broad SMARTS) is 1. The van der Waals surface area contributed by atoms with E-state index in [2.05, 4.69) is 30.7 Å². The van der Waals surface area contributed by atoms with E-state index in [4.69, 9.17) is 17.8 Å². The summed E-state index contributed by atoms with van der Waals surface area (Å²) in [5.74, 6) is 2.04. The van der Waals surface area contributed by atoms with Crippen LogP contribution in [-0.2, 0) is 19.7 Å². The topological polar surface area (TPSA) is 120 Å². The maximum Gasteiger partial charge on any atom is 0.407 e. The molecule has 0 saturated carbocycles. The van der Waals surface area contributed by atoms with E-state index >= 15 is 0 Å². The van der Waals surface area contributed by atoms with Crippen molar-refractivity contribution in [1.82, 2.24) is 14.9 Å². The second-order valence-electron chi connectivity index (χ2n) is 11.0. The van der Waals surface area contributed by atoms with Crippen LogP contribution in [0.4, 0.5) is 4.79 Å². The van der Waals surface area contributed by atoms with E-state index in [1.165, 1.54) is 6.33 Å². The van der Waals surface area contributed by atoms with Gasteiger partial charge >= 0.3 is 17.5 Å². The molecule has 1 amide bonds. The van der Waals surface area contributed by atoms with Crippen molar-refractivity contribution in [2.24, 2.45) is 11.3 Å². The lowest BCUT2D eigenvalue weighted by molar-refractivity contribution is 0.0379. The predicted octanol–water partition coefficient (Wildman–Crippen LogP) is 5.25. The summed E-state index contributed by atoms with van der Waals surface area (Å²) in [4.78, 5) is 21.8. The van der Waals surface area contributed by atoms with Crippen molar-refractivity contribution in [1.29, 1.82) is 0 Å². The third kappa shape index (κ3) is 7.21. The first kappa shape index (κ1) is 28.3. The zero-order chi connectivity index (χ0) is 27.3. The van der Waals surface area contributed by atoms with Gasteiger partial charge in [-0.05, 0) is 61.6 Å². The number of benzene rings is 1. The molecular weight excluding hydrogens is 510 g/mol. The van der Waals surface area contributed by atoms with E-state index in [9.17, 15) is 14.1 Å². The van der Waals surface area contributed by atoms with Gasteiger partial charge in [0.1, 0.15) is 12.1 Å². The molecule has 1 N–H and O–H groups in total. The first-order chi connectivity index (χ1) is 18.1. The van der Waals surface area contributed by atoms with Gasteiger partial charge in [0.15, 0.2) is 0 Å². The number of carbonyl (C=O) groups is 1. The molecule has 10 nitrogen and oxygen atoms in total. The average Bonchev–Trinajstić information content (AvgIpc) is 2.89. The zero-order valence-electron chi connectivity index (χ0n) is 22.4. The monoisotopic (exact) mass is 547 g/mol. The third-order valence-electron chi connectivity index (χ3n) is 7.24. The molecule has 2 fully saturated rings. The third-order valence-corrected chi connectivity index (χ3v) is 7.90. The first-order valence-corrected chi connectivity index (χ1v) is 14.0. The van der Waals surface area contributed by atoms with E-state index in [1.807, 2.05) is 31.2 Å². The zero-order valence-corrected chi connectivity index (χ0v) is 23.2. The van der Waals surface area contributed by atoms with Gasteiger partial charge in [-0.1, -0.05) is 32.9 Å². The Morgan fingerprint density at radius 3 is 2.50 bits per heavy atom. The smallest absolute Gasteiger partial charge is 0.407 e. The number of amides is 1. The van der Waals surface area contributed by atoms with Crippen LogP contribution in [0.5, 0.6) is 17.5 Å². The van der Waals surface area contributed by atoms with Crippen LogP contribution in [0.1, 0.15) is 63.5 Å². The molecule has 208 valence electrons. The lowest BCUT2D eigenvalue weighted by atomic mass is 9.76. The van der Waals surface area contributed by atoms with Crippen LogP contribution in [0.15, 0.2) is 30.6 Å². The summed E-state index contributed by atoms with van der Waals surface area (Å²) in [5.41, 5.74) is 1.64. The van der Waals surface area contributed by atoms with Gasteiger partial charge in [0.05, 0.1) is 25.4 Å². The molecule has 2 aliphatic heterocycles. The molecule has 2 saturated heterocycles. The molecule has 11 heteroatoms. The molecule has 2 aromatic rings. The standard InChI is InChI=1S/C27H37N3O7S/c1-18-24(34-13-5-6-19-11-12-30(26(31)32)23(14-19)27(2,3)4)28-17-29-25(18)37-22-9-7-20(8-10-22)21-15-35-38(33)36-16-21/h7-10,17,19,21,23H,5-6,11-16H2,1-4H3,(H,31,32)/t19-,21?,23-,38?/m0/s1. The van der Waals surface area contributed by atoms with E-state index in [0.29, 0.717) is 49.8 Å². The molecule has 4 rings (SSSR count). The number of hydrogen-bond donors (Lipinski definition) is 1.